The van der Waals surface area contributed by atoms with Crippen molar-refractivity contribution in [2.75, 3.05) is 5.32 Å². The third kappa shape index (κ3) is 3.50. The number of nitrogens with one attached hydrogen (secondary N) is 1. The molecular formula is C14H11F3N2O2. The summed E-state index contributed by atoms with van der Waals surface area (Å²) in [6.45, 7) is 1.84. The second-order valence-corrected chi connectivity index (χ2v) is 4.41. The normalized spacial score (nSPS) is 11.2. The first-order valence-electron chi connectivity index (χ1n) is 5.91. The summed E-state index contributed by atoms with van der Waals surface area (Å²) in [6.07, 6.45) is -4.07. The number of aryl methyl sites for hydroxylation is 1. The number of rotatable bonds is 3. The Morgan fingerprint density at radius 1 is 1.29 bits per heavy atom. The van der Waals surface area contributed by atoms with Gasteiger partial charge in [0.15, 0.2) is 0 Å². The van der Waals surface area contributed by atoms with Crippen molar-refractivity contribution in [2.24, 2.45) is 0 Å². The molecule has 2 aromatic rings. The summed E-state index contributed by atoms with van der Waals surface area (Å²) in [5.41, 5.74) is -0.616. The Hall–Kier alpha value is -2.57. The number of carbonyl (C=O) groups is 1. The number of halogens is 3. The third-order valence-corrected chi connectivity index (χ3v) is 2.73. The van der Waals surface area contributed by atoms with Crippen LogP contribution in [0.1, 0.15) is 21.5 Å². The zero-order valence-electron chi connectivity index (χ0n) is 10.9. The maximum atomic E-state index is 12.9. The molecule has 1 heterocycles. The van der Waals surface area contributed by atoms with E-state index < -0.39 is 23.3 Å². The number of nitrogens with zero attached hydrogens (tertiary/aromatic N) is 1. The largest absolute Gasteiger partial charge is 0.478 e. The Bertz CT molecular complexity index is 684. The van der Waals surface area contributed by atoms with E-state index in [0.29, 0.717) is 18.0 Å². The average molecular weight is 296 g/mol. The van der Waals surface area contributed by atoms with Crippen molar-refractivity contribution in [2.45, 2.75) is 13.1 Å². The third-order valence-electron chi connectivity index (χ3n) is 2.73. The Balaban J connectivity index is 2.40. The highest BCUT2D eigenvalue weighted by molar-refractivity contribution is 5.89. The summed E-state index contributed by atoms with van der Waals surface area (Å²) >= 11 is 0. The maximum Gasteiger partial charge on any atom is 0.417 e. The molecule has 7 heteroatoms. The molecule has 1 aromatic heterocycles. The van der Waals surface area contributed by atoms with Gasteiger partial charge in [-0.05, 0) is 30.7 Å². The van der Waals surface area contributed by atoms with Crippen LogP contribution < -0.4 is 5.32 Å². The average Bonchev–Trinajstić information content (AvgIpc) is 2.37. The number of aromatic nitrogens is 1. The molecule has 0 saturated carbocycles. The summed E-state index contributed by atoms with van der Waals surface area (Å²) in [5.74, 6) is -1.74. The topological polar surface area (TPSA) is 62.2 Å². The molecule has 0 atom stereocenters. The minimum atomic E-state index is -4.76. The van der Waals surface area contributed by atoms with Gasteiger partial charge in [0.2, 0.25) is 0 Å². The molecule has 4 nitrogen and oxygen atoms in total. The van der Waals surface area contributed by atoms with Gasteiger partial charge in [0, 0.05) is 11.9 Å². The SMILES string of the molecule is Cc1cccc(Nc2cc(C(F)(F)F)c(C(=O)O)cn2)c1. The van der Waals surface area contributed by atoms with Crippen LogP contribution in [0.3, 0.4) is 0 Å². The Kier molecular flexibility index (Phi) is 3.84. The summed E-state index contributed by atoms with van der Waals surface area (Å²) in [5, 5.41) is 11.5. The molecule has 110 valence electrons. The van der Waals surface area contributed by atoms with E-state index in [1.165, 1.54) is 0 Å². The minimum Gasteiger partial charge on any atom is -0.478 e. The molecule has 0 aliphatic rings. The number of alkyl halides is 3. The van der Waals surface area contributed by atoms with Crippen LogP contribution in [0.5, 0.6) is 0 Å². The molecule has 0 saturated heterocycles. The molecule has 0 amide bonds. The fourth-order valence-corrected chi connectivity index (χ4v) is 1.80. The van der Waals surface area contributed by atoms with E-state index in [2.05, 4.69) is 10.3 Å². The summed E-state index contributed by atoms with van der Waals surface area (Å²) < 4.78 is 38.6. The number of benzene rings is 1. The number of pyridine rings is 1. The molecule has 0 aliphatic carbocycles. The maximum absolute atomic E-state index is 12.9. The molecular weight excluding hydrogens is 285 g/mol. The van der Waals surface area contributed by atoms with Gasteiger partial charge in [-0.25, -0.2) is 9.78 Å². The van der Waals surface area contributed by atoms with E-state index >= 15 is 0 Å². The fraction of sp³-hybridized carbons (Fsp3) is 0.143. The highest BCUT2D eigenvalue weighted by Crippen LogP contribution is 2.33. The number of aromatic carboxylic acids is 1. The van der Waals surface area contributed by atoms with Crippen LogP contribution in [-0.2, 0) is 6.18 Å². The fourth-order valence-electron chi connectivity index (χ4n) is 1.80. The van der Waals surface area contributed by atoms with Crippen LogP contribution in [0.25, 0.3) is 0 Å². The summed E-state index contributed by atoms with van der Waals surface area (Å²) in [6, 6.07) is 7.68. The van der Waals surface area contributed by atoms with E-state index in [4.69, 9.17) is 5.11 Å². The van der Waals surface area contributed by atoms with Gasteiger partial charge in [0.1, 0.15) is 5.82 Å². The highest BCUT2D eigenvalue weighted by atomic mass is 19.4. The van der Waals surface area contributed by atoms with Crippen molar-refractivity contribution in [1.82, 2.24) is 4.98 Å². The first-order chi connectivity index (χ1) is 9.77. The summed E-state index contributed by atoms with van der Waals surface area (Å²) in [4.78, 5) is 14.5. The number of carboxylic acids is 1. The van der Waals surface area contributed by atoms with Gasteiger partial charge in [-0.2, -0.15) is 13.2 Å². The van der Waals surface area contributed by atoms with E-state index in [0.717, 1.165) is 5.56 Å². The predicted molar refractivity (Wildman–Crippen MR) is 70.7 cm³/mol. The van der Waals surface area contributed by atoms with Gasteiger partial charge in [-0.15, -0.1) is 0 Å². The van der Waals surface area contributed by atoms with Crippen LogP contribution in [0.4, 0.5) is 24.7 Å². The Morgan fingerprint density at radius 3 is 2.57 bits per heavy atom. The first kappa shape index (κ1) is 14.8. The van der Waals surface area contributed by atoms with Gasteiger partial charge in [0.25, 0.3) is 0 Å². The molecule has 1 aromatic carbocycles. The number of hydrogen-bond donors (Lipinski definition) is 2. The predicted octanol–water partition coefficient (Wildman–Crippen LogP) is 3.85. The van der Waals surface area contributed by atoms with E-state index in [-0.39, 0.29) is 5.82 Å². The zero-order chi connectivity index (χ0) is 15.6. The lowest BCUT2D eigenvalue weighted by Crippen LogP contribution is -2.14. The molecule has 0 fully saturated rings. The van der Waals surface area contributed by atoms with E-state index in [9.17, 15) is 18.0 Å². The van der Waals surface area contributed by atoms with Crippen LogP contribution in [-0.4, -0.2) is 16.1 Å². The number of carboxylic acid groups (broad SMARTS) is 1. The Labute approximate surface area is 118 Å². The Morgan fingerprint density at radius 2 is 2.00 bits per heavy atom. The van der Waals surface area contributed by atoms with Crippen LogP contribution in [0.15, 0.2) is 36.5 Å². The van der Waals surface area contributed by atoms with Crippen LogP contribution in [0.2, 0.25) is 0 Å². The van der Waals surface area contributed by atoms with Gasteiger partial charge < -0.3 is 10.4 Å². The van der Waals surface area contributed by atoms with E-state index in [1.54, 1.807) is 18.2 Å². The molecule has 0 unspecified atom stereocenters. The summed E-state index contributed by atoms with van der Waals surface area (Å²) in [7, 11) is 0. The van der Waals surface area contributed by atoms with Gasteiger partial charge in [-0.3, -0.25) is 0 Å². The zero-order valence-corrected chi connectivity index (χ0v) is 10.9. The molecule has 0 spiro atoms. The van der Waals surface area contributed by atoms with Crippen molar-refractivity contribution < 1.29 is 23.1 Å². The van der Waals surface area contributed by atoms with Gasteiger partial charge >= 0.3 is 12.1 Å². The monoisotopic (exact) mass is 296 g/mol. The van der Waals surface area contributed by atoms with E-state index in [1.807, 2.05) is 13.0 Å². The minimum absolute atomic E-state index is 0.0714. The number of anilines is 2. The smallest absolute Gasteiger partial charge is 0.417 e. The van der Waals surface area contributed by atoms with Crippen molar-refractivity contribution in [3.8, 4) is 0 Å². The molecule has 0 bridgehead atoms. The van der Waals surface area contributed by atoms with Gasteiger partial charge in [0.05, 0.1) is 11.1 Å². The second kappa shape index (κ2) is 5.43. The van der Waals surface area contributed by atoms with Crippen molar-refractivity contribution in [3.63, 3.8) is 0 Å². The lowest BCUT2D eigenvalue weighted by atomic mass is 10.1. The molecule has 0 radical (unpaired) electrons. The lowest BCUT2D eigenvalue weighted by Gasteiger charge is -2.12. The lowest BCUT2D eigenvalue weighted by molar-refractivity contribution is -0.138. The van der Waals surface area contributed by atoms with Crippen LogP contribution in [0, 0.1) is 6.92 Å². The first-order valence-corrected chi connectivity index (χ1v) is 5.91. The quantitative estimate of drug-likeness (QED) is 0.903. The van der Waals surface area contributed by atoms with Gasteiger partial charge in [-0.1, -0.05) is 12.1 Å². The molecule has 21 heavy (non-hydrogen) atoms. The molecule has 2 N–H and O–H groups in total. The standard InChI is InChI=1S/C14H11F3N2O2/c1-8-3-2-4-9(5-8)19-12-6-11(14(15,16)17)10(7-18-12)13(20)21/h2-7H,1H3,(H,18,19)(H,20,21). The molecule has 2 rings (SSSR count). The van der Waals surface area contributed by atoms with Crippen molar-refractivity contribution in [3.05, 3.63) is 53.2 Å². The van der Waals surface area contributed by atoms with Crippen LogP contribution >= 0.6 is 0 Å². The second-order valence-electron chi connectivity index (χ2n) is 4.41. The van der Waals surface area contributed by atoms with Crippen molar-refractivity contribution in [1.29, 1.82) is 0 Å². The van der Waals surface area contributed by atoms with Crippen molar-refractivity contribution >= 4 is 17.5 Å². The number of hydrogen-bond acceptors (Lipinski definition) is 3. The highest BCUT2D eigenvalue weighted by Gasteiger charge is 2.36. The molecule has 0 aliphatic heterocycles.